The van der Waals surface area contributed by atoms with Gasteiger partial charge in [-0.2, -0.15) is 0 Å². The molecule has 1 atom stereocenters. The van der Waals surface area contributed by atoms with E-state index in [0.29, 0.717) is 11.4 Å². The molecule has 0 bridgehead atoms. The summed E-state index contributed by atoms with van der Waals surface area (Å²) in [4.78, 5) is 4.10. The van der Waals surface area contributed by atoms with Gasteiger partial charge in [0.15, 0.2) is 0 Å². The molecule has 82 valence electrons. The number of nitrogens with zero attached hydrogens (tertiary/aromatic N) is 1. The smallest absolute Gasteiger partial charge is 0.145 e. The molecule has 16 heavy (non-hydrogen) atoms. The van der Waals surface area contributed by atoms with Crippen molar-refractivity contribution in [2.24, 2.45) is 0 Å². The van der Waals surface area contributed by atoms with Gasteiger partial charge in [0.1, 0.15) is 11.5 Å². The molecule has 1 N–H and O–H groups in total. The number of ether oxygens (including phenoxy) is 1. The third-order valence-electron chi connectivity index (χ3n) is 2.17. The fourth-order valence-electron chi connectivity index (χ4n) is 1.32. The van der Waals surface area contributed by atoms with Crippen LogP contribution in [0.5, 0.6) is 11.5 Å². The Morgan fingerprint density at radius 2 is 1.81 bits per heavy atom. The van der Waals surface area contributed by atoms with Crippen LogP contribution < -0.4 is 4.74 Å². The molecule has 2 aromatic rings. The van der Waals surface area contributed by atoms with E-state index in [-0.39, 0.29) is 0 Å². The minimum absolute atomic E-state index is 0.550. The number of benzene rings is 1. The van der Waals surface area contributed by atoms with Gasteiger partial charge in [0.25, 0.3) is 0 Å². The maximum atomic E-state index is 9.30. The van der Waals surface area contributed by atoms with Crippen molar-refractivity contribution in [3.63, 3.8) is 0 Å². The number of aromatic nitrogens is 1. The largest absolute Gasteiger partial charge is 0.456 e. The van der Waals surface area contributed by atoms with E-state index in [1.54, 1.807) is 25.3 Å². The second-order valence-corrected chi connectivity index (χ2v) is 3.51. The minimum Gasteiger partial charge on any atom is -0.456 e. The molecule has 3 nitrogen and oxygen atoms in total. The van der Waals surface area contributed by atoms with Gasteiger partial charge < -0.3 is 9.84 Å². The second kappa shape index (κ2) is 4.77. The average Bonchev–Trinajstić information content (AvgIpc) is 2.31. The van der Waals surface area contributed by atoms with Crippen LogP contribution in [0.1, 0.15) is 18.7 Å². The van der Waals surface area contributed by atoms with E-state index < -0.39 is 6.10 Å². The Labute approximate surface area is 94.3 Å². The van der Waals surface area contributed by atoms with Crippen LogP contribution in [0.2, 0.25) is 0 Å². The van der Waals surface area contributed by atoms with Crippen LogP contribution in [0.15, 0.2) is 48.7 Å². The van der Waals surface area contributed by atoms with E-state index in [0.717, 1.165) is 5.75 Å². The Morgan fingerprint density at radius 1 is 1.06 bits per heavy atom. The molecule has 1 aromatic carbocycles. The summed E-state index contributed by atoms with van der Waals surface area (Å²) < 4.78 is 5.57. The normalized spacial score (nSPS) is 12.1. The minimum atomic E-state index is -0.550. The lowest BCUT2D eigenvalue weighted by Crippen LogP contribution is -1.94. The monoisotopic (exact) mass is 215 g/mol. The summed E-state index contributed by atoms with van der Waals surface area (Å²) in [5, 5.41) is 9.30. The highest BCUT2D eigenvalue weighted by Gasteiger charge is 2.02. The second-order valence-electron chi connectivity index (χ2n) is 3.51. The van der Waals surface area contributed by atoms with Gasteiger partial charge in [-0.25, -0.2) is 0 Å². The molecule has 1 aromatic heterocycles. The summed E-state index contributed by atoms with van der Waals surface area (Å²) in [5.41, 5.74) is 0.639. The Bertz CT molecular complexity index is 437. The van der Waals surface area contributed by atoms with E-state index in [1.165, 1.54) is 0 Å². The maximum absolute atomic E-state index is 9.30. The molecule has 2 rings (SSSR count). The molecule has 0 saturated carbocycles. The van der Waals surface area contributed by atoms with Crippen molar-refractivity contribution in [2.75, 3.05) is 0 Å². The molecule has 0 aliphatic carbocycles. The molecule has 0 saturated heterocycles. The van der Waals surface area contributed by atoms with Gasteiger partial charge in [-0.1, -0.05) is 18.2 Å². The van der Waals surface area contributed by atoms with Gasteiger partial charge >= 0.3 is 0 Å². The van der Waals surface area contributed by atoms with Crippen molar-refractivity contribution in [2.45, 2.75) is 13.0 Å². The topological polar surface area (TPSA) is 42.4 Å². The first kappa shape index (κ1) is 10.6. The molecule has 0 unspecified atom stereocenters. The summed E-state index contributed by atoms with van der Waals surface area (Å²) in [5.74, 6) is 1.43. The van der Waals surface area contributed by atoms with Crippen LogP contribution in [0, 0.1) is 0 Å². The highest BCUT2D eigenvalue weighted by molar-refractivity contribution is 5.29. The van der Waals surface area contributed by atoms with Crippen LogP contribution in [0.3, 0.4) is 0 Å². The lowest BCUT2D eigenvalue weighted by molar-refractivity contribution is 0.194. The van der Waals surface area contributed by atoms with Crippen LogP contribution in [0.4, 0.5) is 0 Å². The van der Waals surface area contributed by atoms with Crippen molar-refractivity contribution in [1.29, 1.82) is 0 Å². The highest BCUT2D eigenvalue weighted by Crippen LogP contribution is 2.21. The van der Waals surface area contributed by atoms with Crippen molar-refractivity contribution < 1.29 is 9.84 Å². The number of pyridine rings is 1. The number of para-hydroxylation sites is 1. The average molecular weight is 215 g/mol. The van der Waals surface area contributed by atoms with Gasteiger partial charge in [-0.15, -0.1) is 0 Å². The fraction of sp³-hybridized carbons (Fsp3) is 0.154. The van der Waals surface area contributed by atoms with Gasteiger partial charge in [-0.05, 0) is 31.2 Å². The zero-order valence-corrected chi connectivity index (χ0v) is 9.00. The third kappa shape index (κ3) is 2.58. The highest BCUT2D eigenvalue weighted by atomic mass is 16.5. The predicted molar refractivity (Wildman–Crippen MR) is 61.4 cm³/mol. The molecule has 1 heterocycles. The first-order chi connectivity index (χ1) is 7.75. The van der Waals surface area contributed by atoms with Crippen LogP contribution in [-0.2, 0) is 0 Å². The predicted octanol–water partition coefficient (Wildman–Crippen LogP) is 2.93. The van der Waals surface area contributed by atoms with Crippen LogP contribution in [0.25, 0.3) is 0 Å². The molecule has 3 heteroatoms. The first-order valence-electron chi connectivity index (χ1n) is 5.12. The zero-order chi connectivity index (χ0) is 11.4. The van der Waals surface area contributed by atoms with Crippen LogP contribution in [-0.4, -0.2) is 10.1 Å². The fourth-order valence-corrected chi connectivity index (χ4v) is 1.32. The van der Waals surface area contributed by atoms with Gasteiger partial charge in [0.05, 0.1) is 18.0 Å². The summed E-state index contributed by atoms with van der Waals surface area (Å²) in [6, 6.07) is 13.1. The van der Waals surface area contributed by atoms with Gasteiger partial charge in [0, 0.05) is 0 Å². The third-order valence-corrected chi connectivity index (χ3v) is 2.17. The van der Waals surface area contributed by atoms with E-state index in [9.17, 15) is 5.11 Å². The number of hydrogen-bond donors (Lipinski definition) is 1. The maximum Gasteiger partial charge on any atom is 0.145 e. The lowest BCUT2D eigenvalue weighted by Gasteiger charge is -2.07. The summed E-state index contributed by atoms with van der Waals surface area (Å²) in [6.07, 6.45) is 1.06. The molecule has 0 fully saturated rings. The van der Waals surface area contributed by atoms with Crippen molar-refractivity contribution in [1.82, 2.24) is 4.98 Å². The van der Waals surface area contributed by atoms with Crippen molar-refractivity contribution in [3.05, 3.63) is 54.4 Å². The van der Waals surface area contributed by atoms with E-state index >= 15 is 0 Å². The van der Waals surface area contributed by atoms with Crippen molar-refractivity contribution in [3.8, 4) is 11.5 Å². The van der Waals surface area contributed by atoms with Gasteiger partial charge in [0.2, 0.25) is 0 Å². The molecule has 0 amide bonds. The summed E-state index contributed by atoms with van der Waals surface area (Å²) >= 11 is 0. The van der Waals surface area contributed by atoms with E-state index in [2.05, 4.69) is 4.98 Å². The summed E-state index contributed by atoms with van der Waals surface area (Å²) in [7, 11) is 0. The Morgan fingerprint density at radius 3 is 2.38 bits per heavy atom. The molecular formula is C13H13NO2. The van der Waals surface area contributed by atoms with E-state index in [4.69, 9.17) is 4.74 Å². The van der Waals surface area contributed by atoms with Crippen LogP contribution >= 0.6 is 0 Å². The summed E-state index contributed by atoms with van der Waals surface area (Å²) in [6.45, 7) is 1.68. The van der Waals surface area contributed by atoms with E-state index in [1.807, 2.05) is 30.3 Å². The number of aliphatic hydroxyl groups excluding tert-OH is 1. The molecule has 0 aliphatic heterocycles. The zero-order valence-electron chi connectivity index (χ0n) is 9.00. The molecule has 0 radical (unpaired) electrons. The number of rotatable bonds is 3. The number of aliphatic hydroxyl groups is 1. The molecule has 0 aliphatic rings. The van der Waals surface area contributed by atoms with Gasteiger partial charge in [-0.3, -0.25) is 4.98 Å². The first-order valence-corrected chi connectivity index (χ1v) is 5.12. The standard InChI is InChI=1S/C13H13NO2/c1-10(15)13-8-7-12(9-14-13)16-11-5-3-2-4-6-11/h2-10,15H,1H3/t10-/m1/s1. The Hall–Kier alpha value is -1.87. The Balaban J connectivity index is 2.11. The van der Waals surface area contributed by atoms with Crippen molar-refractivity contribution >= 4 is 0 Å². The molecule has 0 spiro atoms. The Kier molecular flexibility index (Phi) is 3.17. The lowest BCUT2D eigenvalue weighted by atomic mass is 10.2. The number of hydrogen-bond acceptors (Lipinski definition) is 3. The molecular weight excluding hydrogens is 202 g/mol. The SMILES string of the molecule is C[C@@H](O)c1ccc(Oc2ccccc2)cn1. The quantitative estimate of drug-likeness (QED) is 0.855.